The Morgan fingerprint density at radius 1 is 1.10 bits per heavy atom. The van der Waals surface area contributed by atoms with Crippen molar-refractivity contribution >= 4 is 49.9 Å². The van der Waals surface area contributed by atoms with E-state index in [0.29, 0.717) is 36.3 Å². The third-order valence-electron chi connectivity index (χ3n) is 7.87. The molecule has 1 amide bonds. The number of amides is 1. The Balaban J connectivity index is 1.44. The summed E-state index contributed by atoms with van der Waals surface area (Å²) in [6.45, 7) is 1.92. The molecular formula is C32H32BrN5O4. The first-order chi connectivity index (χ1) is 20.5. The van der Waals surface area contributed by atoms with E-state index in [1.54, 1.807) is 19.2 Å². The van der Waals surface area contributed by atoms with Gasteiger partial charge in [-0.1, -0.05) is 34.1 Å². The van der Waals surface area contributed by atoms with E-state index in [1.165, 1.54) is 12.7 Å². The van der Waals surface area contributed by atoms with Crippen LogP contribution in [0.1, 0.15) is 35.2 Å². The predicted octanol–water partition coefficient (Wildman–Crippen LogP) is 5.77. The summed E-state index contributed by atoms with van der Waals surface area (Å²) < 4.78 is 16.3. The summed E-state index contributed by atoms with van der Waals surface area (Å²) in [4.78, 5) is 34.4. The number of carbonyl (C=O) groups is 2. The average Bonchev–Trinajstić information content (AvgIpc) is 3.70. The number of esters is 1. The van der Waals surface area contributed by atoms with Gasteiger partial charge < -0.3 is 23.9 Å². The van der Waals surface area contributed by atoms with Crippen molar-refractivity contribution in [1.82, 2.24) is 24.4 Å². The molecule has 0 spiro atoms. The molecule has 3 aromatic heterocycles. The summed E-state index contributed by atoms with van der Waals surface area (Å²) in [5.41, 5.74) is 4.89. The molecule has 216 valence electrons. The van der Waals surface area contributed by atoms with E-state index in [2.05, 4.69) is 60.7 Å². The topological polar surface area (TPSA) is 100 Å². The Hall–Kier alpha value is -4.18. The number of nitrogens with zero attached hydrogens (tertiary/aromatic N) is 4. The van der Waals surface area contributed by atoms with Gasteiger partial charge in [-0.2, -0.15) is 0 Å². The molecular weight excluding hydrogens is 598 g/mol. The quantitative estimate of drug-likeness (QED) is 0.155. The minimum Gasteiger partial charge on any atom is -0.494 e. The average molecular weight is 631 g/mol. The van der Waals surface area contributed by atoms with Crippen molar-refractivity contribution < 1.29 is 19.1 Å². The van der Waals surface area contributed by atoms with Crippen molar-refractivity contribution in [3.8, 4) is 17.3 Å². The standard InChI is InChI=1S/C32H32BrN5O4/c1-41-27-17-23(32(40)42-2)15-25-29(27)38(19-20-14-28(39)35-18-20)31(36-25)26-16-22-10-7-12-34-30(22)37(26)13-6-5-9-21-8-3-4-11-24(21)33/h3-4,7-8,10-12,15-17,20H,5-6,9,13-14,18-19H2,1-2H3,(H,35,39). The maximum absolute atomic E-state index is 12.5. The second kappa shape index (κ2) is 12.0. The highest BCUT2D eigenvalue weighted by Gasteiger charge is 2.28. The van der Waals surface area contributed by atoms with Gasteiger partial charge in [0, 0.05) is 48.0 Å². The van der Waals surface area contributed by atoms with Gasteiger partial charge in [0.05, 0.1) is 31.0 Å². The number of imidazole rings is 1. The van der Waals surface area contributed by atoms with Crippen LogP contribution in [0.2, 0.25) is 0 Å². The summed E-state index contributed by atoms with van der Waals surface area (Å²) in [6, 6.07) is 17.9. The number of carbonyl (C=O) groups excluding carboxylic acids is 2. The van der Waals surface area contributed by atoms with Crippen molar-refractivity contribution in [2.45, 2.75) is 38.8 Å². The molecule has 10 heteroatoms. The fourth-order valence-electron chi connectivity index (χ4n) is 5.83. The Kier molecular flexibility index (Phi) is 7.97. The van der Waals surface area contributed by atoms with E-state index in [1.807, 2.05) is 18.3 Å². The molecule has 1 saturated heterocycles. The van der Waals surface area contributed by atoms with E-state index < -0.39 is 5.97 Å². The van der Waals surface area contributed by atoms with Crippen LogP contribution in [0.5, 0.6) is 5.75 Å². The maximum Gasteiger partial charge on any atom is 0.338 e. The van der Waals surface area contributed by atoms with Gasteiger partial charge >= 0.3 is 5.97 Å². The lowest BCUT2D eigenvalue weighted by Crippen LogP contribution is -2.17. The zero-order valence-electron chi connectivity index (χ0n) is 23.6. The van der Waals surface area contributed by atoms with E-state index in [4.69, 9.17) is 19.4 Å². The maximum atomic E-state index is 12.5. The minimum absolute atomic E-state index is 0.0503. The number of hydrogen-bond acceptors (Lipinski definition) is 6. The molecule has 5 aromatic rings. The molecule has 4 heterocycles. The molecule has 0 bridgehead atoms. The number of aryl methyl sites for hydroxylation is 2. The molecule has 2 aromatic carbocycles. The fraction of sp³-hybridized carbons (Fsp3) is 0.312. The van der Waals surface area contributed by atoms with Crippen molar-refractivity contribution in [2.75, 3.05) is 20.8 Å². The summed E-state index contributed by atoms with van der Waals surface area (Å²) in [5, 5.41) is 3.98. The lowest BCUT2D eigenvalue weighted by molar-refractivity contribution is -0.119. The smallest absolute Gasteiger partial charge is 0.338 e. The molecule has 6 rings (SSSR count). The SMILES string of the molecule is COC(=O)c1cc(OC)c2c(c1)nc(-c1cc3cccnc3n1CCCCc1ccccc1Br)n2CC1CNC(=O)C1. The zero-order valence-corrected chi connectivity index (χ0v) is 25.2. The molecule has 1 aliphatic heterocycles. The normalized spacial score (nSPS) is 14.9. The highest BCUT2D eigenvalue weighted by molar-refractivity contribution is 9.10. The number of rotatable bonds is 10. The Labute approximate surface area is 252 Å². The number of fused-ring (bicyclic) bond motifs is 2. The van der Waals surface area contributed by atoms with Crippen molar-refractivity contribution in [2.24, 2.45) is 5.92 Å². The summed E-state index contributed by atoms with van der Waals surface area (Å²) >= 11 is 3.67. The minimum atomic E-state index is -0.458. The van der Waals surface area contributed by atoms with Crippen molar-refractivity contribution in [3.05, 3.63) is 76.4 Å². The number of unbranched alkanes of at least 4 members (excludes halogenated alkanes) is 1. The van der Waals surface area contributed by atoms with Crippen LogP contribution in [-0.2, 0) is 29.0 Å². The molecule has 1 aliphatic rings. The van der Waals surface area contributed by atoms with Gasteiger partial charge in [0.1, 0.15) is 16.9 Å². The molecule has 1 atom stereocenters. The number of pyridine rings is 1. The molecule has 9 nitrogen and oxygen atoms in total. The van der Waals surface area contributed by atoms with Crippen LogP contribution in [0.15, 0.2) is 65.3 Å². The Morgan fingerprint density at radius 2 is 1.95 bits per heavy atom. The lowest BCUT2D eigenvalue weighted by atomic mass is 10.1. The summed E-state index contributed by atoms with van der Waals surface area (Å²) in [6.07, 6.45) is 5.19. The predicted molar refractivity (Wildman–Crippen MR) is 165 cm³/mol. The second-order valence-corrected chi connectivity index (χ2v) is 11.5. The number of benzene rings is 2. The fourth-order valence-corrected chi connectivity index (χ4v) is 6.31. The second-order valence-electron chi connectivity index (χ2n) is 10.6. The van der Waals surface area contributed by atoms with Gasteiger partial charge in [0.2, 0.25) is 5.91 Å². The summed E-state index contributed by atoms with van der Waals surface area (Å²) in [5.74, 6) is 0.958. The van der Waals surface area contributed by atoms with E-state index in [0.717, 1.165) is 58.3 Å². The first-order valence-corrected chi connectivity index (χ1v) is 14.9. The van der Waals surface area contributed by atoms with Crippen molar-refractivity contribution in [3.63, 3.8) is 0 Å². The molecule has 42 heavy (non-hydrogen) atoms. The third-order valence-corrected chi connectivity index (χ3v) is 8.64. The van der Waals surface area contributed by atoms with E-state index in [9.17, 15) is 9.59 Å². The number of halogens is 1. The third kappa shape index (κ3) is 5.38. The first-order valence-electron chi connectivity index (χ1n) is 14.1. The molecule has 0 saturated carbocycles. The monoisotopic (exact) mass is 629 g/mol. The molecule has 1 unspecified atom stereocenters. The van der Waals surface area contributed by atoms with Crippen LogP contribution in [0.25, 0.3) is 33.6 Å². The number of hydrogen-bond donors (Lipinski definition) is 1. The largest absolute Gasteiger partial charge is 0.494 e. The first kappa shape index (κ1) is 28.0. The van der Waals surface area contributed by atoms with Gasteiger partial charge in [-0.15, -0.1) is 0 Å². The molecule has 1 fully saturated rings. The van der Waals surface area contributed by atoms with Crippen LogP contribution in [0.4, 0.5) is 0 Å². The molecule has 1 N–H and O–H groups in total. The van der Waals surface area contributed by atoms with Gasteiger partial charge in [0.15, 0.2) is 5.82 Å². The van der Waals surface area contributed by atoms with Gasteiger partial charge in [-0.3, -0.25) is 4.79 Å². The van der Waals surface area contributed by atoms with E-state index >= 15 is 0 Å². The van der Waals surface area contributed by atoms with Crippen LogP contribution < -0.4 is 10.1 Å². The highest BCUT2D eigenvalue weighted by Crippen LogP contribution is 2.36. The van der Waals surface area contributed by atoms with Crippen molar-refractivity contribution in [1.29, 1.82) is 0 Å². The zero-order chi connectivity index (χ0) is 29.2. The molecule has 0 aliphatic carbocycles. The number of ether oxygens (including phenoxy) is 2. The van der Waals surface area contributed by atoms with Crippen LogP contribution in [-0.4, -0.2) is 51.7 Å². The summed E-state index contributed by atoms with van der Waals surface area (Å²) in [7, 11) is 2.94. The number of methoxy groups -OCH3 is 2. The molecule has 0 radical (unpaired) electrons. The van der Waals surface area contributed by atoms with Crippen LogP contribution in [0.3, 0.4) is 0 Å². The Morgan fingerprint density at radius 3 is 2.71 bits per heavy atom. The van der Waals surface area contributed by atoms with E-state index in [-0.39, 0.29) is 11.8 Å². The highest BCUT2D eigenvalue weighted by atomic mass is 79.9. The number of aromatic nitrogens is 4. The van der Waals surface area contributed by atoms with Crippen LogP contribution in [0, 0.1) is 5.92 Å². The van der Waals surface area contributed by atoms with Gasteiger partial charge in [0.25, 0.3) is 0 Å². The lowest BCUT2D eigenvalue weighted by Gasteiger charge is -2.16. The Bertz CT molecular complexity index is 1790. The van der Waals surface area contributed by atoms with Crippen LogP contribution >= 0.6 is 15.9 Å². The number of nitrogens with one attached hydrogen (secondary N) is 1. The van der Waals surface area contributed by atoms with Gasteiger partial charge in [-0.25, -0.2) is 14.8 Å². The van der Waals surface area contributed by atoms with Gasteiger partial charge in [-0.05, 0) is 61.2 Å².